The molecule has 1 heterocycles. The molecule has 1 saturated carbocycles. The van der Waals surface area contributed by atoms with Gasteiger partial charge in [-0.15, -0.1) is 0 Å². The Morgan fingerprint density at radius 2 is 1.94 bits per heavy atom. The Kier molecular flexibility index (Phi) is 3.64. The van der Waals surface area contributed by atoms with Crippen LogP contribution in [0.5, 0.6) is 5.88 Å². The summed E-state index contributed by atoms with van der Waals surface area (Å²) in [6, 6.07) is 1.76. The van der Waals surface area contributed by atoms with Crippen LogP contribution in [0.15, 0.2) is 12.3 Å². The molecule has 4 heteroatoms. The zero-order chi connectivity index (χ0) is 11.5. The number of nitrogens with zero attached hydrogens (tertiary/aromatic N) is 2. The van der Waals surface area contributed by atoms with E-state index >= 15 is 0 Å². The zero-order valence-corrected chi connectivity index (χ0v) is 10.4. The minimum Gasteiger partial charge on any atom is -0.474 e. The molecule has 1 aliphatic rings. The van der Waals surface area contributed by atoms with Gasteiger partial charge >= 0.3 is 0 Å². The van der Waals surface area contributed by atoms with Crippen LogP contribution in [0.25, 0.3) is 0 Å². The van der Waals surface area contributed by atoms with Crippen molar-refractivity contribution in [2.24, 2.45) is 11.8 Å². The molecule has 0 aromatic carbocycles. The van der Waals surface area contributed by atoms with Crippen molar-refractivity contribution < 1.29 is 4.74 Å². The van der Waals surface area contributed by atoms with E-state index in [1.165, 1.54) is 6.42 Å². The molecular weight excluding hydrogens is 224 g/mol. The van der Waals surface area contributed by atoms with Crippen LogP contribution in [0.3, 0.4) is 0 Å². The van der Waals surface area contributed by atoms with Gasteiger partial charge in [0.1, 0.15) is 6.10 Å². The molecule has 0 radical (unpaired) electrons. The molecule has 0 N–H and O–H groups in total. The molecule has 1 aliphatic carbocycles. The zero-order valence-electron chi connectivity index (χ0n) is 9.69. The summed E-state index contributed by atoms with van der Waals surface area (Å²) in [5.74, 6) is 2.04. The molecule has 0 amide bonds. The second-order valence-corrected chi connectivity index (χ2v) is 5.16. The fourth-order valence-corrected chi connectivity index (χ4v) is 2.66. The Morgan fingerprint density at radius 1 is 1.25 bits per heavy atom. The Balaban J connectivity index is 1.98. The predicted molar refractivity (Wildman–Crippen MR) is 63.6 cm³/mol. The molecule has 1 aromatic rings. The van der Waals surface area contributed by atoms with Crippen molar-refractivity contribution in [3.8, 4) is 5.88 Å². The van der Waals surface area contributed by atoms with Crippen molar-refractivity contribution in [1.29, 1.82) is 0 Å². The minimum atomic E-state index is 0.245. The molecule has 0 bridgehead atoms. The van der Waals surface area contributed by atoms with Crippen molar-refractivity contribution in [2.45, 2.75) is 39.2 Å². The van der Waals surface area contributed by atoms with E-state index in [0.717, 1.165) is 24.7 Å². The number of rotatable bonds is 2. The SMILES string of the molecule is CC1CC(C)CC(Oc2ccnc(Cl)n2)C1. The van der Waals surface area contributed by atoms with Gasteiger partial charge in [-0.25, -0.2) is 4.98 Å². The van der Waals surface area contributed by atoms with Gasteiger partial charge in [0.2, 0.25) is 11.2 Å². The average Bonchev–Trinajstić information content (AvgIpc) is 2.15. The predicted octanol–water partition coefficient (Wildman–Crippen LogP) is 3.33. The van der Waals surface area contributed by atoms with Crippen LogP contribution in [0.2, 0.25) is 5.28 Å². The Bertz CT molecular complexity index is 349. The number of aromatic nitrogens is 2. The molecule has 1 fully saturated rings. The first-order valence-electron chi connectivity index (χ1n) is 5.78. The Labute approximate surface area is 101 Å². The molecular formula is C12H17ClN2O. The molecule has 2 rings (SSSR count). The van der Waals surface area contributed by atoms with Gasteiger partial charge in [-0.2, -0.15) is 4.98 Å². The van der Waals surface area contributed by atoms with Gasteiger partial charge in [-0.3, -0.25) is 0 Å². The third-order valence-corrected chi connectivity index (χ3v) is 3.21. The normalized spacial score (nSPS) is 30.1. The standard InChI is InChI=1S/C12H17ClN2O/c1-8-5-9(2)7-10(6-8)16-11-3-4-14-12(13)15-11/h3-4,8-10H,5-7H2,1-2H3. The quantitative estimate of drug-likeness (QED) is 0.744. The van der Waals surface area contributed by atoms with E-state index < -0.39 is 0 Å². The fourth-order valence-electron chi connectivity index (χ4n) is 2.53. The third-order valence-electron chi connectivity index (χ3n) is 3.02. The molecule has 0 spiro atoms. The summed E-state index contributed by atoms with van der Waals surface area (Å²) in [4.78, 5) is 7.89. The molecule has 0 aliphatic heterocycles. The van der Waals surface area contributed by atoms with E-state index in [0.29, 0.717) is 5.88 Å². The van der Waals surface area contributed by atoms with Crippen LogP contribution >= 0.6 is 11.6 Å². The molecule has 3 nitrogen and oxygen atoms in total. The number of ether oxygens (including phenoxy) is 1. The van der Waals surface area contributed by atoms with Crippen molar-refractivity contribution in [3.05, 3.63) is 17.5 Å². The first-order chi connectivity index (χ1) is 7.63. The molecule has 88 valence electrons. The lowest BCUT2D eigenvalue weighted by Crippen LogP contribution is -2.28. The number of hydrogen-bond donors (Lipinski definition) is 0. The van der Waals surface area contributed by atoms with E-state index in [1.54, 1.807) is 12.3 Å². The van der Waals surface area contributed by atoms with Crippen molar-refractivity contribution in [2.75, 3.05) is 0 Å². The van der Waals surface area contributed by atoms with Gasteiger partial charge in [0.25, 0.3) is 0 Å². The monoisotopic (exact) mass is 240 g/mol. The van der Waals surface area contributed by atoms with Crippen LogP contribution in [0.1, 0.15) is 33.1 Å². The summed E-state index contributed by atoms with van der Waals surface area (Å²) in [6.07, 6.45) is 5.40. The lowest BCUT2D eigenvalue weighted by Gasteiger charge is -2.31. The maximum Gasteiger partial charge on any atom is 0.225 e. The topological polar surface area (TPSA) is 35.0 Å². The van der Waals surface area contributed by atoms with Crippen LogP contribution in [-0.2, 0) is 0 Å². The second-order valence-electron chi connectivity index (χ2n) is 4.82. The summed E-state index contributed by atoms with van der Waals surface area (Å²) in [6.45, 7) is 4.55. The van der Waals surface area contributed by atoms with Crippen molar-refractivity contribution in [3.63, 3.8) is 0 Å². The van der Waals surface area contributed by atoms with Crippen molar-refractivity contribution >= 4 is 11.6 Å². The molecule has 1 aromatic heterocycles. The summed E-state index contributed by atoms with van der Waals surface area (Å²) in [7, 11) is 0. The maximum atomic E-state index is 5.84. The largest absolute Gasteiger partial charge is 0.474 e. The van der Waals surface area contributed by atoms with E-state index in [4.69, 9.17) is 16.3 Å². The van der Waals surface area contributed by atoms with Crippen molar-refractivity contribution in [1.82, 2.24) is 9.97 Å². The highest BCUT2D eigenvalue weighted by Crippen LogP contribution is 2.30. The summed E-state index contributed by atoms with van der Waals surface area (Å²) < 4.78 is 5.84. The second kappa shape index (κ2) is 5.00. The van der Waals surface area contributed by atoms with Gasteiger partial charge in [0.15, 0.2) is 0 Å². The average molecular weight is 241 g/mol. The highest BCUT2D eigenvalue weighted by atomic mass is 35.5. The first kappa shape index (κ1) is 11.6. The lowest BCUT2D eigenvalue weighted by molar-refractivity contribution is 0.0966. The molecule has 0 saturated heterocycles. The van der Waals surface area contributed by atoms with Crippen LogP contribution in [0.4, 0.5) is 0 Å². The number of halogens is 1. The van der Waals surface area contributed by atoms with Gasteiger partial charge in [0, 0.05) is 12.3 Å². The molecule has 16 heavy (non-hydrogen) atoms. The fraction of sp³-hybridized carbons (Fsp3) is 0.667. The van der Waals surface area contributed by atoms with Gasteiger partial charge < -0.3 is 4.74 Å². The molecule has 2 unspecified atom stereocenters. The summed E-state index contributed by atoms with van der Waals surface area (Å²) in [5.41, 5.74) is 0. The van der Waals surface area contributed by atoms with Gasteiger partial charge in [-0.1, -0.05) is 13.8 Å². The Hall–Kier alpha value is -0.830. The molecule has 2 atom stereocenters. The van der Waals surface area contributed by atoms with Crippen LogP contribution < -0.4 is 4.74 Å². The summed E-state index contributed by atoms with van der Waals surface area (Å²) >= 11 is 5.72. The highest BCUT2D eigenvalue weighted by Gasteiger charge is 2.25. The Morgan fingerprint density at radius 3 is 2.56 bits per heavy atom. The lowest BCUT2D eigenvalue weighted by atomic mass is 9.82. The number of hydrogen-bond acceptors (Lipinski definition) is 3. The van der Waals surface area contributed by atoms with Crippen LogP contribution in [-0.4, -0.2) is 16.1 Å². The summed E-state index contributed by atoms with van der Waals surface area (Å²) in [5, 5.41) is 0.245. The van der Waals surface area contributed by atoms with E-state index in [9.17, 15) is 0 Å². The smallest absolute Gasteiger partial charge is 0.225 e. The van der Waals surface area contributed by atoms with E-state index in [2.05, 4.69) is 23.8 Å². The minimum absolute atomic E-state index is 0.245. The third kappa shape index (κ3) is 3.08. The van der Waals surface area contributed by atoms with Gasteiger partial charge in [0.05, 0.1) is 0 Å². The van der Waals surface area contributed by atoms with Gasteiger partial charge in [-0.05, 0) is 42.7 Å². The maximum absolute atomic E-state index is 5.84. The van der Waals surface area contributed by atoms with E-state index in [1.807, 2.05) is 0 Å². The first-order valence-corrected chi connectivity index (χ1v) is 6.16. The van der Waals surface area contributed by atoms with E-state index in [-0.39, 0.29) is 11.4 Å². The van der Waals surface area contributed by atoms with Crippen LogP contribution in [0, 0.1) is 11.8 Å². The highest BCUT2D eigenvalue weighted by molar-refractivity contribution is 6.28.